The minimum absolute atomic E-state index is 0.0706. The van der Waals surface area contributed by atoms with Crippen molar-refractivity contribution in [2.45, 2.75) is 52.0 Å². The Balaban J connectivity index is 1.63. The molecule has 0 N–H and O–H groups in total. The molecule has 30 heavy (non-hydrogen) atoms. The van der Waals surface area contributed by atoms with E-state index in [1.54, 1.807) is 0 Å². The summed E-state index contributed by atoms with van der Waals surface area (Å²) in [6.07, 6.45) is 5.38. The first-order valence-electron chi connectivity index (χ1n) is 10.8. The lowest BCUT2D eigenvalue weighted by atomic mass is 9.87. The van der Waals surface area contributed by atoms with Crippen molar-refractivity contribution in [1.82, 2.24) is 14.5 Å². The highest BCUT2D eigenvalue weighted by atomic mass is 16.3. The molecule has 0 unspecified atom stereocenters. The van der Waals surface area contributed by atoms with Crippen LogP contribution in [0.15, 0.2) is 53.1 Å². The van der Waals surface area contributed by atoms with Crippen molar-refractivity contribution in [2.75, 3.05) is 0 Å². The number of hydrogen-bond acceptors (Lipinski definition) is 3. The van der Waals surface area contributed by atoms with Crippen LogP contribution >= 0.6 is 0 Å². The van der Waals surface area contributed by atoms with Gasteiger partial charge in [0.15, 0.2) is 5.58 Å². The van der Waals surface area contributed by atoms with Gasteiger partial charge in [0.05, 0.1) is 11.2 Å². The van der Waals surface area contributed by atoms with Gasteiger partial charge in [0.25, 0.3) is 0 Å². The molecule has 2 aromatic carbocycles. The van der Waals surface area contributed by atoms with Crippen LogP contribution in [0.4, 0.5) is 0 Å². The van der Waals surface area contributed by atoms with Crippen LogP contribution in [-0.4, -0.2) is 14.5 Å². The number of furan rings is 1. The number of benzene rings is 2. The van der Waals surface area contributed by atoms with Gasteiger partial charge in [-0.1, -0.05) is 32.9 Å². The van der Waals surface area contributed by atoms with E-state index in [4.69, 9.17) is 9.40 Å². The second kappa shape index (κ2) is 6.18. The van der Waals surface area contributed by atoms with Crippen molar-refractivity contribution < 1.29 is 4.42 Å². The average molecular weight is 396 g/mol. The van der Waals surface area contributed by atoms with E-state index in [0.29, 0.717) is 0 Å². The zero-order valence-corrected chi connectivity index (χ0v) is 17.7. The predicted octanol–water partition coefficient (Wildman–Crippen LogP) is 6.63. The Morgan fingerprint density at radius 1 is 0.967 bits per heavy atom. The monoisotopic (exact) mass is 395 g/mol. The summed E-state index contributed by atoms with van der Waals surface area (Å²) in [7, 11) is 0. The Labute approximate surface area is 175 Å². The molecule has 0 atom stereocenters. The highest BCUT2D eigenvalue weighted by Crippen LogP contribution is 2.39. The summed E-state index contributed by atoms with van der Waals surface area (Å²) >= 11 is 0. The van der Waals surface area contributed by atoms with E-state index in [2.05, 4.69) is 72.8 Å². The lowest BCUT2D eigenvalue weighted by Gasteiger charge is -2.19. The van der Waals surface area contributed by atoms with E-state index >= 15 is 0 Å². The van der Waals surface area contributed by atoms with Crippen LogP contribution in [0.1, 0.15) is 45.0 Å². The molecule has 0 radical (unpaired) electrons. The van der Waals surface area contributed by atoms with E-state index in [0.717, 1.165) is 51.7 Å². The van der Waals surface area contributed by atoms with Gasteiger partial charge in [-0.05, 0) is 54.2 Å². The maximum atomic E-state index is 6.54. The first-order valence-corrected chi connectivity index (χ1v) is 10.8. The van der Waals surface area contributed by atoms with E-state index in [-0.39, 0.29) is 5.41 Å². The molecule has 0 spiro atoms. The van der Waals surface area contributed by atoms with Crippen molar-refractivity contribution in [1.29, 1.82) is 0 Å². The van der Waals surface area contributed by atoms with Crippen LogP contribution in [0.2, 0.25) is 0 Å². The third-order valence-corrected chi connectivity index (χ3v) is 6.40. The molecule has 0 saturated heterocycles. The summed E-state index contributed by atoms with van der Waals surface area (Å²) in [5, 5.41) is 2.25. The number of para-hydroxylation sites is 1. The van der Waals surface area contributed by atoms with Crippen molar-refractivity contribution in [2.24, 2.45) is 0 Å². The van der Waals surface area contributed by atoms with Gasteiger partial charge in [-0.3, -0.25) is 4.98 Å². The van der Waals surface area contributed by atoms with Gasteiger partial charge in [0.1, 0.15) is 16.9 Å². The first-order chi connectivity index (χ1) is 14.5. The summed E-state index contributed by atoms with van der Waals surface area (Å²) in [6, 6.07) is 15.0. The van der Waals surface area contributed by atoms with Gasteiger partial charge in [0, 0.05) is 35.5 Å². The fraction of sp³-hybridized carbons (Fsp3) is 0.308. The maximum Gasteiger partial charge on any atom is 0.163 e. The van der Waals surface area contributed by atoms with Crippen LogP contribution in [0.5, 0.6) is 0 Å². The summed E-state index contributed by atoms with van der Waals surface area (Å²) in [5.74, 6) is 1.18. The summed E-state index contributed by atoms with van der Waals surface area (Å²) in [6.45, 7) is 7.73. The summed E-state index contributed by atoms with van der Waals surface area (Å²) in [5.41, 5.74) is 7.28. The molecule has 0 fully saturated rings. The fourth-order valence-corrected chi connectivity index (χ4v) is 4.73. The molecule has 1 aliphatic rings. The predicted molar refractivity (Wildman–Crippen MR) is 122 cm³/mol. The second-order valence-electron chi connectivity index (χ2n) is 9.41. The molecule has 4 heterocycles. The number of pyridine rings is 1. The Bertz CT molecular complexity index is 1430. The number of aryl methyl sites for hydroxylation is 2. The van der Waals surface area contributed by atoms with E-state index < -0.39 is 0 Å². The van der Waals surface area contributed by atoms with Gasteiger partial charge in [-0.2, -0.15) is 0 Å². The molecule has 150 valence electrons. The summed E-state index contributed by atoms with van der Waals surface area (Å²) < 4.78 is 8.90. The summed E-state index contributed by atoms with van der Waals surface area (Å²) in [4.78, 5) is 9.66. The molecule has 6 rings (SSSR count). The number of aromatic nitrogens is 3. The molecule has 5 aromatic rings. The highest BCUT2D eigenvalue weighted by Gasteiger charge is 2.21. The van der Waals surface area contributed by atoms with Gasteiger partial charge >= 0.3 is 0 Å². The number of rotatable bonds is 1. The maximum absolute atomic E-state index is 6.54. The van der Waals surface area contributed by atoms with Gasteiger partial charge in [-0.25, -0.2) is 4.98 Å². The quantitative estimate of drug-likeness (QED) is 0.320. The van der Waals surface area contributed by atoms with Crippen LogP contribution in [-0.2, 0) is 18.4 Å². The number of hydrogen-bond donors (Lipinski definition) is 0. The molecular formula is C26H25N3O. The van der Waals surface area contributed by atoms with Gasteiger partial charge in [-0.15, -0.1) is 0 Å². The third kappa shape index (κ3) is 2.53. The van der Waals surface area contributed by atoms with Crippen molar-refractivity contribution in [3.05, 3.63) is 60.0 Å². The standard InChI is InChI=1S/C26H25N3O/c1-26(2,3)16-12-13-27-20(15-16)19-8-6-7-17-18-10-11-21-23(25(18)30-24(17)19)28-22-9-4-5-14-29(21)22/h6-8,10-13,15H,4-5,9,14H2,1-3H3. The molecule has 4 heteroatoms. The van der Waals surface area contributed by atoms with Crippen molar-refractivity contribution in [3.8, 4) is 11.3 Å². The Kier molecular flexibility index (Phi) is 3.64. The van der Waals surface area contributed by atoms with Crippen LogP contribution < -0.4 is 0 Å². The van der Waals surface area contributed by atoms with Crippen molar-refractivity contribution >= 4 is 33.0 Å². The van der Waals surface area contributed by atoms with Crippen LogP contribution in [0, 0.1) is 0 Å². The molecule has 0 bridgehead atoms. The Morgan fingerprint density at radius 3 is 2.70 bits per heavy atom. The first kappa shape index (κ1) is 17.7. The third-order valence-electron chi connectivity index (χ3n) is 6.40. The zero-order valence-electron chi connectivity index (χ0n) is 17.7. The molecule has 0 amide bonds. The normalized spacial score (nSPS) is 14.6. The average Bonchev–Trinajstić information content (AvgIpc) is 3.31. The molecule has 4 nitrogen and oxygen atoms in total. The topological polar surface area (TPSA) is 43.9 Å². The van der Waals surface area contributed by atoms with Crippen molar-refractivity contribution in [3.63, 3.8) is 0 Å². The van der Waals surface area contributed by atoms with Crippen LogP contribution in [0.25, 0.3) is 44.2 Å². The lowest BCUT2D eigenvalue weighted by Crippen LogP contribution is -2.11. The molecular weight excluding hydrogens is 370 g/mol. The lowest BCUT2D eigenvalue weighted by molar-refractivity contribution is 0.533. The molecule has 0 saturated carbocycles. The van der Waals surface area contributed by atoms with Crippen LogP contribution in [0.3, 0.4) is 0 Å². The van der Waals surface area contributed by atoms with E-state index in [1.165, 1.54) is 29.7 Å². The molecule has 3 aromatic heterocycles. The largest absolute Gasteiger partial charge is 0.453 e. The fourth-order valence-electron chi connectivity index (χ4n) is 4.73. The Morgan fingerprint density at radius 2 is 1.83 bits per heavy atom. The van der Waals surface area contributed by atoms with E-state index in [9.17, 15) is 0 Å². The highest BCUT2D eigenvalue weighted by molar-refractivity contribution is 6.15. The number of imidazole rings is 1. The van der Waals surface area contributed by atoms with Gasteiger partial charge < -0.3 is 8.98 Å². The van der Waals surface area contributed by atoms with E-state index in [1.807, 2.05) is 6.20 Å². The second-order valence-corrected chi connectivity index (χ2v) is 9.41. The van der Waals surface area contributed by atoms with Gasteiger partial charge in [0.2, 0.25) is 0 Å². The SMILES string of the molecule is CC(C)(C)c1ccnc(-c2cccc3c2oc2c3ccc3c2nc2n3CCCC2)c1. The smallest absolute Gasteiger partial charge is 0.163 e. The minimum Gasteiger partial charge on any atom is -0.453 e. The molecule has 1 aliphatic heterocycles. The zero-order chi connectivity index (χ0) is 20.5. The number of fused-ring (bicyclic) bond motifs is 7. The Hall–Kier alpha value is -3.14. The molecule has 0 aliphatic carbocycles. The minimum atomic E-state index is 0.0706. The number of nitrogens with zero attached hydrogens (tertiary/aromatic N) is 3.